The Hall–Kier alpha value is -2.44. The van der Waals surface area contributed by atoms with E-state index in [1.807, 2.05) is 0 Å². The summed E-state index contributed by atoms with van der Waals surface area (Å²) in [6.07, 6.45) is 4.31. The minimum atomic E-state index is -0.401. The van der Waals surface area contributed by atoms with E-state index in [0.29, 0.717) is 11.8 Å². The fourth-order valence-corrected chi connectivity index (χ4v) is 4.63. The Morgan fingerprint density at radius 1 is 1.00 bits per heavy atom. The van der Waals surface area contributed by atoms with Crippen molar-refractivity contribution >= 4 is 11.6 Å². The Labute approximate surface area is 184 Å². The Bertz CT molecular complexity index is 857. The van der Waals surface area contributed by atoms with E-state index in [2.05, 4.69) is 22.0 Å². The van der Waals surface area contributed by atoms with Crippen molar-refractivity contribution in [1.29, 1.82) is 0 Å². The average Bonchev–Trinajstić information content (AvgIpc) is 2.82. The number of rotatable bonds is 6. The van der Waals surface area contributed by atoms with E-state index in [1.165, 1.54) is 32.0 Å². The number of piperidine rings is 2. The van der Waals surface area contributed by atoms with Crippen LogP contribution in [0.5, 0.6) is 11.5 Å². The predicted molar refractivity (Wildman–Crippen MR) is 121 cm³/mol. The van der Waals surface area contributed by atoms with Crippen LogP contribution in [0, 0.1) is 11.7 Å². The molecule has 0 radical (unpaired) electrons. The first-order valence-electron chi connectivity index (χ1n) is 11.4. The van der Waals surface area contributed by atoms with Crippen LogP contribution in [0.25, 0.3) is 0 Å². The summed E-state index contributed by atoms with van der Waals surface area (Å²) in [5.41, 5.74) is 0.736. The largest absolute Gasteiger partial charge is 0.454 e. The highest BCUT2D eigenvalue weighted by atomic mass is 19.1. The number of nitrogens with zero attached hydrogens (tertiary/aromatic N) is 2. The van der Waals surface area contributed by atoms with Crippen molar-refractivity contribution in [1.82, 2.24) is 9.80 Å². The molecule has 0 spiro atoms. The molecular weight excluding hydrogens is 393 g/mol. The second-order valence-corrected chi connectivity index (χ2v) is 8.52. The van der Waals surface area contributed by atoms with Crippen LogP contribution in [0.1, 0.15) is 32.6 Å². The summed E-state index contributed by atoms with van der Waals surface area (Å²) in [5, 5.41) is 3.03. The minimum Gasteiger partial charge on any atom is -0.454 e. The van der Waals surface area contributed by atoms with Gasteiger partial charge in [0.05, 0.1) is 0 Å². The molecule has 166 valence electrons. The highest BCUT2D eigenvalue weighted by Gasteiger charge is 2.30. The number of nitrogens with one attached hydrogen (secondary N) is 1. The molecule has 2 fully saturated rings. The molecule has 1 N–H and O–H groups in total. The van der Waals surface area contributed by atoms with Crippen molar-refractivity contribution in [3.8, 4) is 11.5 Å². The summed E-state index contributed by atoms with van der Waals surface area (Å²) >= 11 is 0. The molecule has 1 amide bonds. The van der Waals surface area contributed by atoms with E-state index in [-0.39, 0.29) is 17.6 Å². The highest BCUT2D eigenvalue weighted by Crippen LogP contribution is 2.27. The second kappa shape index (κ2) is 10.2. The van der Waals surface area contributed by atoms with Gasteiger partial charge in [0.25, 0.3) is 0 Å². The predicted octanol–water partition coefficient (Wildman–Crippen LogP) is 4.75. The molecular formula is C25H32FN3O2. The van der Waals surface area contributed by atoms with Gasteiger partial charge in [0.1, 0.15) is 5.75 Å². The van der Waals surface area contributed by atoms with E-state index in [0.717, 1.165) is 38.2 Å². The summed E-state index contributed by atoms with van der Waals surface area (Å²) in [5.74, 6) is 0.462. The van der Waals surface area contributed by atoms with E-state index in [4.69, 9.17) is 4.74 Å². The lowest BCUT2D eigenvalue weighted by atomic mass is 9.92. The maximum Gasteiger partial charge on any atom is 0.227 e. The zero-order valence-corrected chi connectivity index (χ0v) is 18.2. The van der Waals surface area contributed by atoms with Crippen LogP contribution in [0.4, 0.5) is 10.1 Å². The topological polar surface area (TPSA) is 44.8 Å². The molecule has 0 aliphatic carbocycles. The normalized spacial score (nSPS) is 19.3. The first-order valence-corrected chi connectivity index (χ1v) is 11.4. The number of carbonyl (C=O) groups excluding carboxylic acids is 1. The molecule has 2 saturated heterocycles. The third-order valence-electron chi connectivity index (χ3n) is 6.61. The lowest BCUT2D eigenvalue weighted by Gasteiger charge is -2.41. The number of benzene rings is 2. The molecule has 2 aliphatic rings. The molecule has 0 unspecified atom stereocenters. The number of hydrogen-bond donors (Lipinski definition) is 1. The minimum absolute atomic E-state index is 0.0568. The quantitative estimate of drug-likeness (QED) is 0.725. The molecule has 2 aromatic carbocycles. The zero-order valence-electron chi connectivity index (χ0n) is 18.2. The van der Waals surface area contributed by atoms with Gasteiger partial charge in [-0.15, -0.1) is 0 Å². The summed E-state index contributed by atoms with van der Waals surface area (Å²) in [4.78, 5) is 17.8. The molecule has 6 heteroatoms. The zero-order chi connectivity index (χ0) is 21.6. The number of carbonyl (C=O) groups is 1. The van der Waals surface area contributed by atoms with Gasteiger partial charge < -0.3 is 19.9 Å². The lowest BCUT2D eigenvalue weighted by Crippen LogP contribution is -2.48. The van der Waals surface area contributed by atoms with E-state index < -0.39 is 5.82 Å². The smallest absolute Gasteiger partial charge is 0.227 e. The van der Waals surface area contributed by atoms with Crippen LogP contribution in [-0.4, -0.2) is 54.5 Å². The van der Waals surface area contributed by atoms with Crippen molar-refractivity contribution in [2.45, 2.75) is 38.6 Å². The molecule has 0 bridgehead atoms. The number of para-hydroxylation sites is 1. The fraction of sp³-hybridized carbons (Fsp3) is 0.480. The molecule has 5 nitrogen and oxygen atoms in total. The third-order valence-corrected chi connectivity index (χ3v) is 6.61. The van der Waals surface area contributed by atoms with E-state index >= 15 is 0 Å². The molecule has 2 aromatic rings. The highest BCUT2D eigenvalue weighted by molar-refractivity contribution is 5.92. The van der Waals surface area contributed by atoms with Crippen molar-refractivity contribution in [3.05, 3.63) is 54.3 Å². The first-order chi connectivity index (χ1) is 15.1. The Balaban J connectivity index is 1.24. The van der Waals surface area contributed by atoms with Gasteiger partial charge in [-0.2, -0.15) is 0 Å². The Kier molecular flexibility index (Phi) is 7.20. The van der Waals surface area contributed by atoms with Gasteiger partial charge in [-0.1, -0.05) is 19.1 Å². The second-order valence-electron chi connectivity index (χ2n) is 8.52. The number of ether oxygens (including phenoxy) is 1. The van der Waals surface area contributed by atoms with E-state index in [1.54, 1.807) is 42.5 Å². The van der Waals surface area contributed by atoms with Crippen LogP contribution in [0.3, 0.4) is 0 Å². The Morgan fingerprint density at radius 3 is 2.32 bits per heavy atom. The van der Waals surface area contributed by atoms with Gasteiger partial charge in [-0.25, -0.2) is 4.39 Å². The van der Waals surface area contributed by atoms with Crippen LogP contribution >= 0.6 is 0 Å². The molecule has 0 saturated carbocycles. The maximum absolute atomic E-state index is 13.7. The average molecular weight is 426 g/mol. The molecule has 2 aliphatic heterocycles. The summed E-state index contributed by atoms with van der Waals surface area (Å²) < 4.78 is 19.3. The number of likely N-dealkylation sites (tertiary alicyclic amines) is 2. The molecule has 31 heavy (non-hydrogen) atoms. The number of amides is 1. The van der Waals surface area contributed by atoms with Crippen molar-refractivity contribution in [2.75, 3.05) is 38.0 Å². The van der Waals surface area contributed by atoms with Crippen molar-refractivity contribution in [3.63, 3.8) is 0 Å². The molecule has 2 heterocycles. The third kappa shape index (κ3) is 5.63. The van der Waals surface area contributed by atoms with Gasteiger partial charge in [-0.3, -0.25) is 4.79 Å². The van der Waals surface area contributed by atoms with Crippen LogP contribution in [0.2, 0.25) is 0 Å². The van der Waals surface area contributed by atoms with Crippen LogP contribution in [-0.2, 0) is 4.79 Å². The SMILES string of the molecule is CCN1CCC(N2CCC(C(=O)Nc3ccc(Oc4ccccc4F)cc3)CC2)CC1. The van der Waals surface area contributed by atoms with Gasteiger partial charge in [-0.05, 0) is 94.8 Å². The summed E-state index contributed by atoms with van der Waals surface area (Å²) in [7, 11) is 0. The van der Waals surface area contributed by atoms with Gasteiger partial charge in [0.2, 0.25) is 5.91 Å². The lowest BCUT2D eigenvalue weighted by molar-refractivity contribution is -0.121. The standard InChI is InChI=1S/C25H32FN3O2/c1-2-28-15-13-21(14-16-28)29-17-11-19(12-18-29)25(30)27-20-7-9-22(10-8-20)31-24-6-4-3-5-23(24)26/h3-10,19,21H,2,11-18H2,1H3,(H,27,30). The Morgan fingerprint density at radius 2 is 1.68 bits per heavy atom. The van der Waals surface area contributed by atoms with Gasteiger partial charge in [0, 0.05) is 17.6 Å². The number of halogens is 1. The maximum atomic E-state index is 13.7. The monoisotopic (exact) mass is 425 g/mol. The van der Waals surface area contributed by atoms with Crippen molar-refractivity contribution in [2.24, 2.45) is 5.92 Å². The van der Waals surface area contributed by atoms with Crippen LogP contribution < -0.4 is 10.1 Å². The molecule has 4 rings (SSSR count). The summed E-state index contributed by atoms with van der Waals surface area (Å²) in [6.45, 7) is 7.77. The first kappa shape index (κ1) is 21.8. The molecule has 0 aromatic heterocycles. The number of anilines is 1. The van der Waals surface area contributed by atoms with Crippen LogP contribution in [0.15, 0.2) is 48.5 Å². The van der Waals surface area contributed by atoms with Gasteiger partial charge >= 0.3 is 0 Å². The van der Waals surface area contributed by atoms with E-state index in [9.17, 15) is 9.18 Å². The summed E-state index contributed by atoms with van der Waals surface area (Å²) in [6, 6.07) is 14.1. The van der Waals surface area contributed by atoms with Crippen molar-refractivity contribution < 1.29 is 13.9 Å². The number of hydrogen-bond acceptors (Lipinski definition) is 4. The fourth-order valence-electron chi connectivity index (χ4n) is 4.63. The van der Waals surface area contributed by atoms with Gasteiger partial charge in [0.15, 0.2) is 11.6 Å². The molecule has 0 atom stereocenters.